The lowest BCUT2D eigenvalue weighted by atomic mass is 10.1. The van der Waals surface area contributed by atoms with Crippen LogP contribution < -0.4 is 0 Å². The number of hydrazine groups is 1. The van der Waals surface area contributed by atoms with Crippen LogP contribution in [0.5, 0.6) is 0 Å². The third-order valence-corrected chi connectivity index (χ3v) is 3.45. The first kappa shape index (κ1) is 21.6. The minimum atomic E-state index is -0.967. The molecular formula is C12H28N2O8. The van der Waals surface area contributed by atoms with Gasteiger partial charge in [0.25, 0.3) is 0 Å². The standard InChI is InChI=1S/C12H28N2O8/c15-1-9(2-16)13(10(3-17)4-18)14(11(5-19)6-20)12(7-21)8-22/h9-12,15-22H,1-8H2. The van der Waals surface area contributed by atoms with Crippen LogP contribution in [0, 0.1) is 0 Å². The number of hydrogen-bond donors (Lipinski definition) is 8. The van der Waals surface area contributed by atoms with Gasteiger partial charge in [0.2, 0.25) is 0 Å². The van der Waals surface area contributed by atoms with Gasteiger partial charge in [0.15, 0.2) is 0 Å². The molecule has 0 heterocycles. The van der Waals surface area contributed by atoms with E-state index in [1.54, 1.807) is 0 Å². The normalized spacial score (nSPS) is 12.8. The van der Waals surface area contributed by atoms with Crippen molar-refractivity contribution in [1.82, 2.24) is 10.0 Å². The predicted octanol–water partition coefficient (Wildman–Crippen LogP) is -5.08. The highest BCUT2D eigenvalue weighted by atomic mass is 16.3. The highest BCUT2D eigenvalue weighted by molar-refractivity contribution is 4.84. The fourth-order valence-electron chi connectivity index (χ4n) is 2.25. The monoisotopic (exact) mass is 328 g/mol. The van der Waals surface area contributed by atoms with E-state index in [2.05, 4.69) is 0 Å². The summed E-state index contributed by atoms with van der Waals surface area (Å²) in [6, 6.07) is -3.87. The fraction of sp³-hybridized carbons (Fsp3) is 1.00. The summed E-state index contributed by atoms with van der Waals surface area (Å²) in [5.74, 6) is 0. The van der Waals surface area contributed by atoms with E-state index in [9.17, 15) is 40.9 Å². The van der Waals surface area contributed by atoms with Crippen LogP contribution in [0.3, 0.4) is 0 Å². The average Bonchev–Trinajstić information content (AvgIpc) is 2.56. The third kappa shape index (κ3) is 5.35. The molecule has 0 aromatic rings. The second-order valence-electron chi connectivity index (χ2n) is 4.84. The average molecular weight is 328 g/mol. The minimum Gasteiger partial charge on any atom is -0.395 e. The number of aliphatic hydroxyl groups is 8. The zero-order chi connectivity index (χ0) is 17.1. The molecule has 0 fully saturated rings. The Labute approximate surface area is 129 Å². The molecule has 0 aliphatic carbocycles. The van der Waals surface area contributed by atoms with E-state index >= 15 is 0 Å². The van der Waals surface area contributed by atoms with E-state index in [-0.39, 0.29) is 0 Å². The van der Waals surface area contributed by atoms with E-state index in [0.29, 0.717) is 0 Å². The first-order chi connectivity index (χ1) is 10.6. The Bertz CT molecular complexity index is 208. The van der Waals surface area contributed by atoms with Gasteiger partial charge in [0.1, 0.15) is 0 Å². The smallest absolute Gasteiger partial charge is 0.0713 e. The zero-order valence-corrected chi connectivity index (χ0v) is 12.4. The van der Waals surface area contributed by atoms with Crippen molar-refractivity contribution in [2.24, 2.45) is 0 Å². The van der Waals surface area contributed by atoms with Gasteiger partial charge in [0, 0.05) is 0 Å². The summed E-state index contributed by atoms with van der Waals surface area (Å²) in [4.78, 5) is 0. The van der Waals surface area contributed by atoms with E-state index < -0.39 is 77.0 Å². The van der Waals surface area contributed by atoms with Crippen molar-refractivity contribution in [3.8, 4) is 0 Å². The van der Waals surface area contributed by atoms with E-state index in [1.165, 1.54) is 10.0 Å². The summed E-state index contributed by atoms with van der Waals surface area (Å²) in [5.41, 5.74) is 0. The van der Waals surface area contributed by atoms with Crippen molar-refractivity contribution in [1.29, 1.82) is 0 Å². The van der Waals surface area contributed by atoms with Crippen molar-refractivity contribution in [3.63, 3.8) is 0 Å². The van der Waals surface area contributed by atoms with Crippen molar-refractivity contribution < 1.29 is 40.9 Å². The number of aliphatic hydroxyl groups excluding tert-OH is 8. The van der Waals surface area contributed by atoms with Crippen molar-refractivity contribution in [2.45, 2.75) is 24.2 Å². The summed E-state index contributed by atoms with van der Waals surface area (Å²) in [7, 11) is 0. The highest BCUT2D eigenvalue weighted by Crippen LogP contribution is 2.18. The lowest BCUT2D eigenvalue weighted by molar-refractivity contribution is -0.200. The molecule has 0 aromatic heterocycles. The Hall–Kier alpha value is -0.400. The second-order valence-corrected chi connectivity index (χ2v) is 4.84. The number of rotatable bonds is 13. The molecule has 0 unspecified atom stereocenters. The Morgan fingerprint density at radius 2 is 0.500 bits per heavy atom. The molecular weight excluding hydrogens is 300 g/mol. The Morgan fingerprint density at radius 1 is 0.364 bits per heavy atom. The topological polar surface area (TPSA) is 168 Å². The summed E-state index contributed by atoms with van der Waals surface area (Å²) < 4.78 is 0. The molecule has 10 nitrogen and oxygen atoms in total. The van der Waals surface area contributed by atoms with Gasteiger partial charge >= 0.3 is 0 Å². The van der Waals surface area contributed by atoms with Gasteiger partial charge in [-0.1, -0.05) is 0 Å². The van der Waals surface area contributed by atoms with E-state index in [4.69, 9.17) is 0 Å². The summed E-state index contributed by atoms with van der Waals surface area (Å²) in [6.45, 7) is -4.36. The maximum absolute atomic E-state index is 9.40. The van der Waals surface area contributed by atoms with Crippen LogP contribution in [0.25, 0.3) is 0 Å². The van der Waals surface area contributed by atoms with Gasteiger partial charge in [-0.3, -0.25) is 0 Å². The summed E-state index contributed by atoms with van der Waals surface area (Å²) in [5, 5.41) is 77.6. The van der Waals surface area contributed by atoms with E-state index in [0.717, 1.165) is 0 Å². The molecule has 0 saturated heterocycles. The van der Waals surface area contributed by atoms with Crippen LogP contribution in [0.4, 0.5) is 0 Å². The largest absolute Gasteiger partial charge is 0.395 e. The fourth-order valence-corrected chi connectivity index (χ4v) is 2.25. The first-order valence-corrected chi connectivity index (χ1v) is 7.03. The molecule has 0 atom stereocenters. The SMILES string of the molecule is OCC(CO)N(C(CO)CO)N(C(CO)CO)C(CO)CO. The third-order valence-electron chi connectivity index (χ3n) is 3.45. The molecule has 0 aliphatic rings. The van der Waals surface area contributed by atoms with E-state index in [1.807, 2.05) is 0 Å². The van der Waals surface area contributed by atoms with Crippen molar-refractivity contribution >= 4 is 0 Å². The maximum atomic E-state index is 9.40. The second kappa shape index (κ2) is 12.1. The molecule has 0 aliphatic heterocycles. The number of nitrogens with zero attached hydrogens (tertiary/aromatic N) is 2. The Kier molecular flexibility index (Phi) is 11.9. The molecule has 10 heteroatoms. The van der Waals surface area contributed by atoms with Gasteiger partial charge in [-0.25, -0.2) is 10.0 Å². The van der Waals surface area contributed by atoms with Gasteiger partial charge in [-0.05, 0) is 0 Å². The Morgan fingerprint density at radius 3 is 0.591 bits per heavy atom. The molecule has 0 aromatic carbocycles. The summed E-state index contributed by atoms with van der Waals surface area (Å²) >= 11 is 0. The molecule has 0 bridgehead atoms. The molecule has 0 saturated carbocycles. The van der Waals surface area contributed by atoms with Gasteiger partial charge < -0.3 is 40.9 Å². The lowest BCUT2D eigenvalue weighted by Gasteiger charge is -2.48. The number of hydrogen-bond acceptors (Lipinski definition) is 10. The van der Waals surface area contributed by atoms with Gasteiger partial charge in [0.05, 0.1) is 77.0 Å². The highest BCUT2D eigenvalue weighted by Gasteiger charge is 2.37. The van der Waals surface area contributed by atoms with Crippen molar-refractivity contribution in [3.05, 3.63) is 0 Å². The van der Waals surface area contributed by atoms with Crippen LogP contribution >= 0.6 is 0 Å². The molecule has 8 N–H and O–H groups in total. The zero-order valence-electron chi connectivity index (χ0n) is 12.4. The van der Waals surface area contributed by atoms with Crippen LogP contribution in [0.2, 0.25) is 0 Å². The van der Waals surface area contributed by atoms with Gasteiger partial charge in [-0.2, -0.15) is 0 Å². The van der Waals surface area contributed by atoms with Gasteiger partial charge in [-0.15, -0.1) is 0 Å². The van der Waals surface area contributed by atoms with Crippen LogP contribution in [-0.2, 0) is 0 Å². The minimum absolute atomic E-state index is 0.545. The molecule has 0 radical (unpaired) electrons. The molecule has 134 valence electrons. The lowest BCUT2D eigenvalue weighted by Crippen LogP contribution is -2.67. The molecule has 22 heavy (non-hydrogen) atoms. The van der Waals surface area contributed by atoms with Crippen LogP contribution in [0.15, 0.2) is 0 Å². The molecule has 0 rings (SSSR count). The molecule has 0 amide bonds. The first-order valence-electron chi connectivity index (χ1n) is 7.03. The molecule has 0 spiro atoms. The predicted molar refractivity (Wildman–Crippen MR) is 75.5 cm³/mol. The van der Waals surface area contributed by atoms with Crippen molar-refractivity contribution in [2.75, 3.05) is 52.9 Å². The maximum Gasteiger partial charge on any atom is 0.0713 e. The van der Waals surface area contributed by atoms with Crippen LogP contribution in [-0.4, -0.2) is 128 Å². The quantitative estimate of drug-likeness (QED) is 0.153. The summed E-state index contributed by atoms with van der Waals surface area (Å²) in [6.07, 6.45) is 0. The Balaban J connectivity index is 5.77. The van der Waals surface area contributed by atoms with Crippen LogP contribution in [0.1, 0.15) is 0 Å².